The largest absolute Gasteiger partial charge is 0.370 e. The summed E-state index contributed by atoms with van der Waals surface area (Å²) in [6.45, 7) is 0.797. The molecule has 0 spiro atoms. The molecule has 0 aliphatic rings. The molecule has 0 saturated carbocycles. The van der Waals surface area contributed by atoms with E-state index < -0.39 is 0 Å². The summed E-state index contributed by atoms with van der Waals surface area (Å²) in [5.74, 6) is 1.38. The van der Waals surface area contributed by atoms with Gasteiger partial charge < -0.3 is 5.32 Å². The second-order valence-corrected chi connectivity index (χ2v) is 5.32. The van der Waals surface area contributed by atoms with Crippen LogP contribution in [0.1, 0.15) is 5.56 Å². The molecular weight excluding hydrogens is 294 g/mol. The van der Waals surface area contributed by atoms with E-state index >= 15 is 0 Å². The molecule has 1 aromatic heterocycles. The van der Waals surface area contributed by atoms with Crippen LogP contribution in [-0.4, -0.2) is 16.5 Å². The van der Waals surface area contributed by atoms with Crippen molar-refractivity contribution in [2.45, 2.75) is 6.42 Å². The highest BCUT2D eigenvalue weighted by atomic mass is 35.5. The third-order valence-electron chi connectivity index (χ3n) is 3.29. The van der Waals surface area contributed by atoms with E-state index in [9.17, 15) is 0 Å². The number of hydrogen-bond acceptors (Lipinski definition) is 3. The molecule has 0 aliphatic heterocycles. The summed E-state index contributed by atoms with van der Waals surface area (Å²) in [4.78, 5) is 8.81. The van der Waals surface area contributed by atoms with E-state index in [0.717, 1.165) is 24.3 Å². The molecule has 0 bridgehead atoms. The molecule has 22 heavy (non-hydrogen) atoms. The average molecular weight is 310 g/mol. The highest BCUT2D eigenvalue weighted by molar-refractivity contribution is 6.29. The second-order valence-electron chi connectivity index (χ2n) is 4.93. The quantitative estimate of drug-likeness (QED) is 0.707. The number of nitrogens with one attached hydrogen (secondary N) is 1. The summed E-state index contributed by atoms with van der Waals surface area (Å²) in [7, 11) is 0. The Morgan fingerprint density at radius 1 is 0.864 bits per heavy atom. The van der Waals surface area contributed by atoms with Gasteiger partial charge in [-0.3, -0.25) is 0 Å². The molecule has 0 unspecified atom stereocenters. The highest BCUT2D eigenvalue weighted by Gasteiger charge is 2.05. The van der Waals surface area contributed by atoms with Gasteiger partial charge in [0.05, 0.1) is 0 Å². The first kappa shape index (κ1) is 14.5. The molecule has 1 N–H and O–H groups in total. The van der Waals surface area contributed by atoms with Gasteiger partial charge >= 0.3 is 0 Å². The van der Waals surface area contributed by atoms with Gasteiger partial charge in [0, 0.05) is 18.2 Å². The highest BCUT2D eigenvalue weighted by Crippen LogP contribution is 2.20. The van der Waals surface area contributed by atoms with E-state index in [4.69, 9.17) is 11.6 Å². The van der Waals surface area contributed by atoms with Crippen molar-refractivity contribution < 1.29 is 0 Å². The fourth-order valence-corrected chi connectivity index (χ4v) is 2.39. The lowest BCUT2D eigenvalue weighted by Gasteiger charge is -2.08. The standard InChI is InChI=1S/C18H16ClN3/c19-16-13-17(20-12-11-14-7-3-1-4-8-14)22-18(21-16)15-9-5-2-6-10-15/h1-10,13H,11-12H2,(H,20,21,22). The van der Waals surface area contributed by atoms with E-state index in [0.29, 0.717) is 11.0 Å². The van der Waals surface area contributed by atoms with E-state index in [-0.39, 0.29) is 0 Å². The van der Waals surface area contributed by atoms with Crippen molar-refractivity contribution in [1.82, 2.24) is 9.97 Å². The van der Waals surface area contributed by atoms with Crippen molar-refractivity contribution in [3.05, 3.63) is 77.4 Å². The minimum absolute atomic E-state index is 0.441. The van der Waals surface area contributed by atoms with Crippen LogP contribution in [0.3, 0.4) is 0 Å². The van der Waals surface area contributed by atoms with Crippen LogP contribution in [0.4, 0.5) is 5.82 Å². The van der Waals surface area contributed by atoms with Gasteiger partial charge in [-0.2, -0.15) is 0 Å². The lowest BCUT2D eigenvalue weighted by molar-refractivity contribution is 1.00. The summed E-state index contributed by atoms with van der Waals surface area (Å²) in [6, 6.07) is 21.9. The second kappa shape index (κ2) is 7.05. The van der Waals surface area contributed by atoms with Crippen LogP contribution >= 0.6 is 11.6 Å². The fraction of sp³-hybridized carbons (Fsp3) is 0.111. The molecular formula is C18H16ClN3. The molecule has 0 saturated heterocycles. The Morgan fingerprint density at radius 3 is 2.27 bits per heavy atom. The number of halogens is 1. The van der Waals surface area contributed by atoms with Crippen molar-refractivity contribution in [2.75, 3.05) is 11.9 Å². The predicted molar refractivity (Wildman–Crippen MR) is 91.1 cm³/mol. The maximum Gasteiger partial charge on any atom is 0.163 e. The molecule has 2 aromatic carbocycles. The predicted octanol–water partition coefficient (Wildman–Crippen LogP) is 4.45. The monoisotopic (exact) mass is 309 g/mol. The van der Waals surface area contributed by atoms with Gasteiger partial charge in [-0.1, -0.05) is 72.3 Å². The van der Waals surface area contributed by atoms with E-state index in [2.05, 4.69) is 27.4 Å². The molecule has 0 radical (unpaired) electrons. The normalized spacial score (nSPS) is 10.4. The van der Waals surface area contributed by atoms with Crippen LogP contribution in [-0.2, 0) is 6.42 Å². The minimum Gasteiger partial charge on any atom is -0.370 e. The van der Waals surface area contributed by atoms with Crippen molar-refractivity contribution in [3.63, 3.8) is 0 Å². The molecule has 1 heterocycles. The lowest BCUT2D eigenvalue weighted by atomic mass is 10.1. The summed E-state index contributed by atoms with van der Waals surface area (Å²) >= 11 is 6.10. The SMILES string of the molecule is Clc1cc(NCCc2ccccc2)nc(-c2ccccc2)n1. The topological polar surface area (TPSA) is 37.8 Å². The van der Waals surface area contributed by atoms with Gasteiger partial charge in [0.2, 0.25) is 0 Å². The Hall–Kier alpha value is -2.39. The number of hydrogen-bond donors (Lipinski definition) is 1. The smallest absolute Gasteiger partial charge is 0.163 e. The molecule has 0 amide bonds. The van der Waals surface area contributed by atoms with Gasteiger partial charge in [0.15, 0.2) is 5.82 Å². The lowest BCUT2D eigenvalue weighted by Crippen LogP contribution is -2.07. The average Bonchev–Trinajstić information content (AvgIpc) is 2.56. The summed E-state index contributed by atoms with van der Waals surface area (Å²) in [5.41, 5.74) is 2.24. The first-order valence-electron chi connectivity index (χ1n) is 7.19. The van der Waals surface area contributed by atoms with Crippen molar-refractivity contribution in [3.8, 4) is 11.4 Å². The third kappa shape index (κ3) is 3.83. The zero-order valence-corrected chi connectivity index (χ0v) is 12.8. The van der Waals surface area contributed by atoms with E-state index in [1.807, 2.05) is 48.5 Å². The third-order valence-corrected chi connectivity index (χ3v) is 3.48. The van der Waals surface area contributed by atoms with Crippen molar-refractivity contribution in [1.29, 1.82) is 0 Å². The van der Waals surface area contributed by atoms with Crippen LogP contribution in [0, 0.1) is 0 Å². The summed E-state index contributed by atoms with van der Waals surface area (Å²) in [5, 5.41) is 3.75. The van der Waals surface area contributed by atoms with Gasteiger partial charge in [-0.15, -0.1) is 0 Å². The van der Waals surface area contributed by atoms with Gasteiger partial charge in [-0.25, -0.2) is 9.97 Å². The molecule has 0 aliphatic carbocycles. The molecule has 3 nitrogen and oxygen atoms in total. The van der Waals surface area contributed by atoms with Crippen LogP contribution in [0.5, 0.6) is 0 Å². The maximum atomic E-state index is 6.10. The Kier molecular flexibility index (Phi) is 4.66. The first-order chi connectivity index (χ1) is 10.8. The van der Waals surface area contributed by atoms with Crippen LogP contribution in [0.25, 0.3) is 11.4 Å². The number of benzene rings is 2. The Morgan fingerprint density at radius 2 is 1.55 bits per heavy atom. The van der Waals surface area contributed by atoms with E-state index in [1.165, 1.54) is 5.56 Å². The molecule has 4 heteroatoms. The molecule has 0 atom stereocenters. The number of aromatic nitrogens is 2. The molecule has 110 valence electrons. The maximum absolute atomic E-state index is 6.10. The van der Waals surface area contributed by atoms with Gasteiger partial charge in [0.1, 0.15) is 11.0 Å². The summed E-state index contributed by atoms with van der Waals surface area (Å²) < 4.78 is 0. The van der Waals surface area contributed by atoms with Crippen LogP contribution in [0.15, 0.2) is 66.7 Å². The van der Waals surface area contributed by atoms with Crippen LogP contribution in [0.2, 0.25) is 5.15 Å². The Labute approximate surface area is 135 Å². The van der Waals surface area contributed by atoms with E-state index in [1.54, 1.807) is 6.07 Å². The fourth-order valence-electron chi connectivity index (χ4n) is 2.20. The van der Waals surface area contributed by atoms with Gasteiger partial charge in [0.25, 0.3) is 0 Å². The molecule has 3 aromatic rings. The Balaban J connectivity index is 1.70. The number of rotatable bonds is 5. The van der Waals surface area contributed by atoms with Crippen molar-refractivity contribution >= 4 is 17.4 Å². The minimum atomic E-state index is 0.441. The Bertz CT molecular complexity index is 730. The van der Waals surface area contributed by atoms with Crippen LogP contribution < -0.4 is 5.32 Å². The zero-order chi connectivity index (χ0) is 15.2. The van der Waals surface area contributed by atoms with Crippen molar-refractivity contribution in [2.24, 2.45) is 0 Å². The number of nitrogens with zero attached hydrogens (tertiary/aromatic N) is 2. The number of anilines is 1. The summed E-state index contributed by atoms with van der Waals surface area (Å²) in [6.07, 6.45) is 0.934. The van der Waals surface area contributed by atoms with Gasteiger partial charge in [-0.05, 0) is 12.0 Å². The first-order valence-corrected chi connectivity index (χ1v) is 7.57. The zero-order valence-electron chi connectivity index (χ0n) is 12.0. The molecule has 0 fully saturated rings. The molecule has 3 rings (SSSR count).